The van der Waals surface area contributed by atoms with Crippen molar-refractivity contribution in [1.82, 2.24) is 9.62 Å². The van der Waals surface area contributed by atoms with E-state index in [9.17, 15) is 8.42 Å². The lowest BCUT2D eigenvalue weighted by molar-refractivity contribution is 0.310. The molecule has 1 aliphatic rings. The highest BCUT2D eigenvalue weighted by Gasteiger charge is 2.30. The highest BCUT2D eigenvalue weighted by molar-refractivity contribution is 7.89. The van der Waals surface area contributed by atoms with E-state index in [1.54, 1.807) is 10.4 Å². The van der Waals surface area contributed by atoms with Crippen LogP contribution in [0.1, 0.15) is 16.7 Å². The molecular formula is C11H18N2O2S2. The molecule has 0 radical (unpaired) electrons. The van der Waals surface area contributed by atoms with Gasteiger partial charge in [-0.15, -0.1) is 11.3 Å². The van der Waals surface area contributed by atoms with Crippen molar-refractivity contribution in [2.75, 3.05) is 19.6 Å². The smallest absolute Gasteiger partial charge is 0.244 e. The zero-order valence-electron chi connectivity index (χ0n) is 10.4. The first-order valence-electron chi connectivity index (χ1n) is 5.72. The Morgan fingerprint density at radius 3 is 2.71 bits per heavy atom. The fourth-order valence-electron chi connectivity index (χ4n) is 2.12. The van der Waals surface area contributed by atoms with Gasteiger partial charge in [0, 0.05) is 35.4 Å². The second-order valence-electron chi connectivity index (χ2n) is 4.50. The summed E-state index contributed by atoms with van der Waals surface area (Å²) in [6.07, 6.45) is 0. The van der Waals surface area contributed by atoms with Gasteiger partial charge in [-0.05, 0) is 26.8 Å². The lowest BCUT2D eigenvalue weighted by atomic mass is 10.3. The molecule has 0 unspecified atom stereocenters. The van der Waals surface area contributed by atoms with Crippen LogP contribution < -0.4 is 5.32 Å². The van der Waals surface area contributed by atoms with E-state index in [1.165, 1.54) is 11.3 Å². The highest BCUT2D eigenvalue weighted by atomic mass is 32.2. The third-order valence-corrected chi connectivity index (χ3v) is 6.03. The molecule has 1 saturated heterocycles. The molecule has 17 heavy (non-hydrogen) atoms. The molecule has 96 valence electrons. The predicted molar refractivity (Wildman–Crippen MR) is 70.0 cm³/mol. The summed E-state index contributed by atoms with van der Waals surface area (Å²) in [6.45, 7) is 7.65. The molecular weight excluding hydrogens is 256 g/mol. The van der Waals surface area contributed by atoms with Crippen molar-refractivity contribution in [2.24, 2.45) is 0 Å². The molecule has 1 aliphatic heterocycles. The number of nitrogens with one attached hydrogen (secondary N) is 1. The van der Waals surface area contributed by atoms with Crippen molar-refractivity contribution in [3.8, 4) is 0 Å². The molecule has 0 spiro atoms. The number of hydrogen-bond donors (Lipinski definition) is 1. The molecule has 1 aromatic rings. The van der Waals surface area contributed by atoms with Crippen molar-refractivity contribution in [2.45, 2.75) is 31.7 Å². The van der Waals surface area contributed by atoms with Gasteiger partial charge in [0.25, 0.3) is 0 Å². The Balaban J connectivity index is 2.33. The molecule has 1 aromatic heterocycles. The number of nitrogens with zero attached hydrogens (tertiary/aromatic N) is 1. The molecule has 0 bridgehead atoms. The van der Waals surface area contributed by atoms with Gasteiger partial charge in [0.15, 0.2) is 0 Å². The Bertz CT molecular complexity index is 508. The van der Waals surface area contributed by atoms with Crippen molar-refractivity contribution in [1.29, 1.82) is 0 Å². The second-order valence-corrected chi connectivity index (χ2v) is 7.86. The van der Waals surface area contributed by atoms with Gasteiger partial charge in [-0.25, -0.2) is 8.42 Å². The maximum Gasteiger partial charge on any atom is 0.244 e. The van der Waals surface area contributed by atoms with Crippen LogP contribution in [0.4, 0.5) is 0 Å². The van der Waals surface area contributed by atoms with Crippen LogP contribution in [0.25, 0.3) is 0 Å². The first-order valence-corrected chi connectivity index (χ1v) is 7.97. The predicted octanol–water partition coefficient (Wildman–Crippen LogP) is 1.35. The lowest BCUT2D eigenvalue weighted by Gasteiger charge is -2.30. The molecule has 4 nitrogen and oxygen atoms in total. The fourth-order valence-corrected chi connectivity index (χ4v) is 5.17. The first-order chi connectivity index (χ1) is 7.91. The average Bonchev–Trinajstić information content (AvgIpc) is 2.58. The highest BCUT2D eigenvalue weighted by Crippen LogP contribution is 2.28. The third-order valence-electron chi connectivity index (χ3n) is 2.94. The zero-order valence-corrected chi connectivity index (χ0v) is 12.0. The number of sulfonamides is 1. The Hall–Kier alpha value is -0.430. The number of aryl methyl sites for hydroxylation is 2. The number of thiophene rings is 1. The number of hydrogen-bond acceptors (Lipinski definition) is 4. The van der Waals surface area contributed by atoms with Crippen LogP contribution >= 0.6 is 11.3 Å². The van der Waals surface area contributed by atoms with Gasteiger partial charge >= 0.3 is 0 Å². The molecule has 0 saturated carbocycles. The van der Waals surface area contributed by atoms with Gasteiger partial charge in [-0.2, -0.15) is 4.31 Å². The fraction of sp³-hybridized carbons (Fsp3) is 0.636. The van der Waals surface area contributed by atoms with Crippen molar-refractivity contribution < 1.29 is 8.42 Å². The van der Waals surface area contributed by atoms with Crippen LogP contribution in [0, 0.1) is 13.8 Å². The Labute approximate surface area is 107 Å². The molecule has 0 aromatic carbocycles. The summed E-state index contributed by atoms with van der Waals surface area (Å²) in [4.78, 5) is 2.41. The number of piperazine rings is 1. The van der Waals surface area contributed by atoms with E-state index < -0.39 is 10.0 Å². The normalized spacial score (nSPS) is 22.9. The summed E-state index contributed by atoms with van der Waals surface area (Å²) >= 11 is 1.54. The van der Waals surface area contributed by atoms with Crippen LogP contribution in [0.2, 0.25) is 0 Å². The zero-order chi connectivity index (χ0) is 12.6. The van der Waals surface area contributed by atoms with Crippen molar-refractivity contribution in [3.05, 3.63) is 15.8 Å². The summed E-state index contributed by atoms with van der Waals surface area (Å²) in [6, 6.07) is 2.00. The summed E-state index contributed by atoms with van der Waals surface area (Å²) in [5.41, 5.74) is 0. The summed E-state index contributed by atoms with van der Waals surface area (Å²) in [7, 11) is -3.30. The average molecular weight is 274 g/mol. The van der Waals surface area contributed by atoms with Crippen molar-refractivity contribution in [3.63, 3.8) is 0 Å². The first kappa shape index (κ1) is 13.0. The quantitative estimate of drug-likeness (QED) is 0.885. The summed E-state index contributed by atoms with van der Waals surface area (Å²) < 4.78 is 26.5. The van der Waals surface area contributed by atoms with Gasteiger partial charge < -0.3 is 5.32 Å². The minimum Gasteiger partial charge on any atom is -0.312 e. The third kappa shape index (κ3) is 2.54. The minimum atomic E-state index is -3.30. The SMILES string of the molecule is Cc1cc(S(=O)(=O)N2CCN[C@@H](C)C2)c(C)s1. The summed E-state index contributed by atoms with van der Waals surface area (Å²) in [5.74, 6) is 0. The van der Waals surface area contributed by atoms with E-state index in [4.69, 9.17) is 0 Å². The van der Waals surface area contributed by atoms with Crippen LogP contribution in [-0.2, 0) is 10.0 Å². The molecule has 6 heteroatoms. The molecule has 2 rings (SSSR count). The van der Waals surface area contributed by atoms with Gasteiger partial charge in [0.1, 0.15) is 0 Å². The summed E-state index contributed by atoms with van der Waals surface area (Å²) in [5, 5.41) is 3.25. The van der Waals surface area contributed by atoms with Gasteiger partial charge in [-0.3, -0.25) is 0 Å². The van der Waals surface area contributed by atoms with E-state index in [2.05, 4.69) is 5.32 Å². The molecule has 1 fully saturated rings. The van der Waals surface area contributed by atoms with E-state index in [-0.39, 0.29) is 6.04 Å². The van der Waals surface area contributed by atoms with Gasteiger partial charge in [-0.1, -0.05) is 0 Å². The number of rotatable bonds is 2. The Kier molecular flexibility index (Phi) is 3.58. The standard InChI is InChI=1S/C11H18N2O2S2/c1-8-7-13(5-4-12-8)17(14,15)11-6-9(2)16-10(11)3/h6,8,12H,4-5,7H2,1-3H3/t8-/m0/s1. The molecule has 0 amide bonds. The second kappa shape index (κ2) is 4.68. The van der Waals surface area contributed by atoms with E-state index in [1.807, 2.05) is 20.8 Å². The monoisotopic (exact) mass is 274 g/mol. The van der Waals surface area contributed by atoms with Crippen LogP contribution in [0.3, 0.4) is 0 Å². The molecule has 0 aliphatic carbocycles. The minimum absolute atomic E-state index is 0.221. The molecule has 2 heterocycles. The maximum atomic E-state index is 12.5. The molecule has 1 N–H and O–H groups in total. The van der Waals surface area contributed by atoms with Crippen LogP contribution in [-0.4, -0.2) is 38.4 Å². The van der Waals surface area contributed by atoms with E-state index in [0.717, 1.165) is 16.3 Å². The largest absolute Gasteiger partial charge is 0.312 e. The van der Waals surface area contributed by atoms with E-state index in [0.29, 0.717) is 18.0 Å². The topological polar surface area (TPSA) is 49.4 Å². The lowest BCUT2D eigenvalue weighted by Crippen LogP contribution is -2.51. The Morgan fingerprint density at radius 1 is 1.47 bits per heavy atom. The van der Waals surface area contributed by atoms with Gasteiger partial charge in [0.2, 0.25) is 10.0 Å². The van der Waals surface area contributed by atoms with E-state index >= 15 is 0 Å². The van der Waals surface area contributed by atoms with Gasteiger partial charge in [0.05, 0.1) is 4.90 Å². The van der Waals surface area contributed by atoms with Crippen LogP contribution in [0.15, 0.2) is 11.0 Å². The molecule has 1 atom stereocenters. The van der Waals surface area contributed by atoms with Crippen molar-refractivity contribution >= 4 is 21.4 Å². The Morgan fingerprint density at radius 2 is 2.18 bits per heavy atom. The maximum absolute atomic E-state index is 12.5. The van der Waals surface area contributed by atoms with Crippen LogP contribution in [0.5, 0.6) is 0 Å².